The Bertz CT molecular complexity index is 1100. The van der Waals surface area contributed by atoms with Crippen molar-refractivity contribution in [1.82, 2.24) is 4.98 Å². The van der Waals surface area contributed by atoms with E-state index < -0.39 is 35.6 Å². The Labute approximate surface area is 215 Å². The van der Waals surface area contributed by atoms with Crippen LogP contribution in [0.5, 0.6) is 0 Å². The zero-order valence-corrected chi connectivity index (χ0v) is 22.4. The highest BCUT2D eigenvalue weighted by Gasteiger charge is 2.42. The van der Waals surface area contributed by atoms with E-state index in [4.69, 9.17) is 21.1 Å². The molecule has 35 heavy (non-hydrogen) atoms. The molecule has 0 bridgehead atoms. The summed E-state index contributed by atoms with van der Waals surface area (Å²) in [4.78, 5) is 30.6. The molecule has 0 fully saturated rings. The van der Waals surface area contributed by atoms with Crippen LogP contribution < -0.4 is 0 Å². The maximum atomic E-state index is 13.1. The molecule has 2 aromatic rings. The number of nitrogens with zero attached hydrogens (tertiary/aromatic N) is 1. The van der Waals surface area contributed by atoms with Gasteiger partial charge in [-0.25, -0.2) is 4.98 Å². The van der Waals surface area contributed by atoms with Crippen molar-refractivity contribution in [2.45, 2.75) is 65.8 Å². The summed E-state index contributed by atoms with van der Waals surface area (Å²) in [5.41, 5.74) is 0.321. The summed E-state index contributed by atoms with van der Waals surface area (Å²) in [6, 6.07) is 5.73. The highest BCUT2D eigenvalue weighted by Crippen LogP contribution is 2.33. The Kier molecular flexibility index (Phi) is 9.10. The molecule has 192 valence electrons. The Balaban J connectivity index is 1.91. The smallest absolute Gasteiger partial charge is 0.309 e. The van der Waals surface area contributed by atoms with Crippen LogP contribution in [-0.4, -0.2) is 52.4 Å². The van der Waals surface area contributed by atoms with Gasteiger partial charge in [0.15, 0.2) is 0 Å². The number of aliphatic hydroxyl groups excluding tert-OH is 2. The van der Waals surface area contributed by atoms with Crippen LogP contribution >= 0.6 is 22.9 Å². The number of aryl methyl sites for hydroxylation is 1. The second-order valence-electron chi connectivity index (χ2n) is 9.90. The summed E-state index contributed by atoms with van der Waals surface area (Å²) in [7, 11) is 0. The first-order chi connectivity index (χ1) is 16.4. The van der Waals surface area contributed by atoms with Gasteiger partial charge in [0.25, 0.3) is 0 Å². The number of ketones is 1. The normalized spacial score (nSPS) is 31.1. The maximum absolute atomic E-state index is 13.1. The molecular formula is C26H34ClNO6S. The second kappa shape index (κ2) is 11.5. The average molecular weight is 524 g/mol. The summed E-state index contributed by atoms with van der Waals surface area (Å²) in [6.07, 6.45) is -1.20. The topological polar surface area (TPSA) is 106 Å². The van der Waals surface area contributed by atoms with E-state index in [9.17, 15) is 19.8 Å². The molecule has 0 spiro atoms. The first kappa shape index (κ1) is 27.7. The first-order valence-corrected chi connectivity index (χ1v) is 13.0. The molecule has 5 atom stereocenters. The molecule has 0 saturated carbocycles. The highest BCUT2D eigenvalue weighted by atomic mass is 35.5. The Morgan fingerprint density at radius 3 is 2.63 bits per heavy atom. The number of hydrogen-bond acceptors (Lipinski definition) is 8. The van der Waals surface area contributed by atoms with E-state index in [-0.39, 0.29) is 31.3 Å². The van der Waals surface area contributed by atoms with Crippen molar-refractivity contribution in [1.29, 1.82) is 0 Å². The molecule has 2 N–H and O–H groups in total. The van der Waals surface area contributed by atoms with Crippen LogP contribution in [0.4, 0.5) is 0 Å². The van der Waals surface area contributed by atoms with Crippen LogP contribution in [-0.2, 0) is 19.1 Å². The lowest BCUT2D eigenvalue weighted by Gasteiger charge is -2.34. The standard InChI is InChI=1S/C26H34ClNO6S/c1-14-12-33-13-18(27)7-8-20(17-6-9-21-19(10-17)28-16(3)35-21)34-23(30)11-22(29)26(4,5)25(32)15(2)24(14)31/h6-7,9-10,14-15,20,22,24,29,31H,8,11-13H2,1-5H3/b18-7+/t14-,15+,20-,22+,24-/m0/s1. The fraction of sp³-hybridized carbons (Fsp3) is 0.577. The minimum atomic E-state index is -1.28. The number of carbonyl (C=O) groups is 2. The molecule has 0 aliphatic carbocycles. The van der Waals surface area contributed by atoms with Gasteiger partial charge in [-0.1, -0.05) is 51.4 Å². The Morgan fingerprint density at radius 1 is 1.20 bits per heavy atom. The number of Topliss-reactive ketones (excluding diaryl/α,β-unsaturated/α-hetero) is 1. The molecule has 1 aliphatic rings. The maximum Gasteiger partial charge on any atom is 0.309 e. The molecule has 2 heterocycles. The van der Waals surface area contributed by atoms with Crippen molar-refractivity contribution in [2.75, 3.05) is 13.2 Å². The predicted octanol–water partition coefficient (Wildman–Crippen LogP) is 4.71. The largest absolute Gasteiger partial charge is 0.457 e. The van der Waals surface area contributed by atoms with Crippen LogP contribution in [0.2, 0.25) is 0 Å². The number of halogens is 1. The van der Waals surface area contributed by atoms with Crippen LogP contribution in [0.1, 0.15) is 57.2 Å². The van der Waals surface area contributed by atoms with E-state index in [0.29, 0.717) is 11.5 Å². The number of carbonyl (C=O) groups excluding carboxylic acids is 2. The lowest BCUT2D eigenvalue weighted by molar-refractivity contribution is -0.156. The fourth-order valence-corrected chi connectivity index (χ4v) is 5.24. The van der Waals surface area contributed by atoms with Gasteiger partial charge in [-0.15, -0.1) is 11.3 Å². The number of fused-ring (bicyclic) bond motifs is 1. The van der Waals surface area contributed by atoms with Gasteiger partial charge in [-0.3, -0.25) is 9.59 Å². The third-order valence-corrected chi connectivity index (χ3v) is 7.89. The van der Waals surface area contributed by atoms with Crippen LogP contribution in [0, 0.1) is 24.2 Å². The first-order valence-electron chi connectivity index (χ1n) is 11.8. The van der Waals surface area contributed by atoms with E-state index in [2.05, 4.69) is 4.98 Å². The van der Waals surface area contributed by atoms with E-state index in [0.717, 1.165) is 20.8 Å². The van der Waals surface area contributed by atoms with Crippen LogP contribution in [0.25, 0.3) is 10.2 Å². The molecule has 0 radical (unpaired) electrons. The van der Waals surface area contributed by atoms with Gasteiger partial charge in [0.05, 0.1) is 52.5 Å². The fourth-order valence-electron chi connectivity index (χ4n) is 4.27. The van der Waals surface area contributed by atoms with Crippen molar-refractivity contribution in [2.24, 2.45) is 17.3 Å². The van der Waals surface area contributed by atoms with Gasteiger partial charge in [0.1, 0.15) is 11.9 Å². The summed E-state index contributed by atoms with van der Waals surface area (Å²) in [5, 5.41) is 22.9. The number of cyclic esters (lactones) is 1. The summed E-state index contributed by atoms with van der Waals surface area (Å²) >= 11 is 7.94. The van der Waals surface area contributed by atoms with Crippen molar-refractivity contribution >= 4 is 44.9 Å². The molecule has 1 aliphatic heterocycles. The van der Waals surface area contributed by atoms with Crippen molar-refractivity contribution in [3.05, 3.63) is 39.9 Å². The average Bonchev–Trinajstić information content (AvgIpc) is 3.18. The third kappa shape index (κ3) is 6.68. The SMILES string of the molecule is Cc1nc2cc([C@@H]3C/C=C(/Cl)COC[C@H](C)[C@H](O)[C@@H](C)C(=O)C(C)(C)[C@H](O)CC(=O)O3)ccc2s1. The quantitative estimate of drug-likeness (QED) is 0.521. The molecule has 1 aromatic heterocycles. The van der Waals surface area contributed by atoms with Gasteiger partial charge < -0.3 is 19.7 Å². The minimum Gasteiger partial charge on any atom is -0.457 e. The summed E-state index contributed by atoms with van der Waals surface area (Å²) in [5.74, 6) is -2.05. The Morgan fingerprint density at radius 2 is 1.91 bits per heavy atom. The Hall–Kier alpha value is -1.84. The number of rotatable bonds is 1. The lowest BCUT2D eigenvalue weighted by atomic mass is 9.73. The molecule has 0 saturated heterocycles. The predicted molar refractivity (Wildman–Crippen MR) is 136 cm³/mol. The molecule has 9 heteroatoms. The number of aromatic nitrogens is 1. The van der Waals surface area contributed by atoms with E-state index in [1.807, 2.05) is 25.1 Å². The highest BCUT2D eigenvalue weighted by molar-refractivity contribution is 7.18. The number of aliphatic hydroxyl groups is 2. The zero-order valence-electron chi connectivity index (χ0n) is 20.8. The van der Waals surface area contributed by atoms with E-state index in [1.54, 1.807) is 45.1 Å². The van der Waals surface area contributed by atoms with E-state index in [1.165, 1.54) is 0 Å². The zero-order chi connectivity index (χ0) is 25.9. The van der Waals surface area contributed by atoms with Gasteiger partial charge in [0.2, 0.25) is 0 Å². The molecule has 0 amide bonds. The van der Waals surface area contributed by atoms with Crippen molar-refractivity contribution < 1.29 is 29.3 Å². The van der Waals surface area contributed by atoms with Gasteiger partial charge >= 0.3 is 5.97 Å². The molecule has 3 rings (SSSR count). The number of hydrogen-bond donors (Lipinski definition) is 2. The third-order valence-electron chi connectivity index (χ3n) is 6.68. The second-order valence-corrected chi connectivity index (χ2v) is 11.6. The molecular weight excluding hydrogens is 490 g/mol. The summed E-state index contributed by atoms with van der Waals surface area (Å²) in [6.45, 7) is 8.87. The number of thiazole rings is 1. The minimum absolute atomic E-state index is 0.135. The van der Waals surface area contributed by atoms with Crippen molar-refractivity contribution in [3.8, 4) is 0 Å². The number of esters is 1. The summed E-state index contributed by atoms with van der Waals surface area (Å²) < 4.78 is 12.5. The lowest BCUT2D eigenvalue weighted by Crippen LogP contribution is -2.46. The van der Waals surface area contributed by atoms with E-state index >= 15 is 0 Å². The monoisotopic (exact) mass is 523 g/mol. The van der Waals surface area contributed by atoms with Crippen LogP contribution in [0.3, 0.4) is 0 Å². The number of benzene rings is 1. The van der Waals surface area contributed by atoms with Gasteiger partial charge in [-0.2, -0.15) is 0 Å². The van der Waals surface area contributed by atoms with Crippen molar-refractivity contribution in [3.63, 3.8) is 0 Å². The van der Waals surface area contributed by atoms with Gasteiger partial charge in [-0.05, 0) is 24.6 Å². The van der Waals surface area contributed by atoms with Gasteiger partial charge in [0, 0.05) is 23.3 Å². The number of ether oxygens (including phenoxy) is 2. The molecule has 1 aromatic carbocycles. The molecule has 7 nitrogen and oxygen atoms in total. The molecule has 0 unspecified atom stereocenters. The van der Waals surface area contributed by atoms with Crippen LogP contribution in [0.15, 0.2) is 29.3 Å².